The molecule has 1 atom stereocenters. The quantitative estimate of drug-likeness (QED) is 0.549. The van der Waals surface area contributed by atoms with Crippen molar-refractivity contribution in [2.24, 2.45) is 5.84 Å². The smallest absolute Gasteiger partial charge is 0.148 e. The van der Waals surface area contributed by atoms with E-state index in [0.717, 1.165) is 43.0 Å². The number of aromatic nitrogens is 2. The number of hydrogen-bond acceptors (Lipinski definition) is 6. The lowest BCUT2D eigenvalue weighted by atomic mass is 10.1. The number of nitrogens with one attached hydrogen (secondary N) is 1. The molecule has 0 spiro atoms. The van der Waals surface area contributed by atoms with Crippen molar-refractivity contribution in [2.75, 3.05) is 23.5 Å². The van der Waals surface area contributed by atoms with Crippen molar-refractivity contribution in [2.45, 2.75) is 58.4 Å². The topological polar surface area (TPSA) is 87.3 Å². The monoisotopic (exact) mass is 293 g/mol. The molecule has 0 amide bonds. The van der Waals surface area contributed by atoms with Crippen LogP contribution >= 0.6 is 0 Å². The van der Waals surface area contributed by atoms with Crippen LogP contribution in [0.15, 0.2) is 0 Å². The first-order valence-corrected chi connectivity index (χ1v) is 7.81. The number of hydrazine groups is 1. The number of aliphatic hydroxyl groups is 1. The zero-order valence-corrected chi connectivity index (χ0v) is 13.3. The van der Waals surface area contributed by atoms with Gasteiger partial charge < -0.3 is 15.4 Å². The van der Waals surface area contributed by atoms with Gasteiger partial charge in [0, 0.05) is 30.7 Å². The molecule has 6 nitrogen and oxygen atoms in total. The van der Waals surface area contributed by atoms with Gasteiger partial charge in [-0.2, -0.15) is 0 Å². The van der Waals surface area contributed by atoms with Gasteiger partial charge in [-0.05, 0) is 32.6 Å². The molecule has 1 aromatic rings. The van der Waals surface area contributed by atoms with E-state index in [0.29, 0.717) is 11.9 Å². The fourth-order valence-electron chi connectivity index (χ4n) is 2.94. The summed E-state index contributed by atoms with van der Waals surface area (Å²) in [5, 5.41) is 9.07. The molecular formula is C15H27N5O. The highest BCUT2D eigenvalue weighted by atomic mass is 16.2. The highest BCUT2D eigenvalue weighted by molar-refractivity contribution is 5.59. The van der Waals surface area contributed by atoms with Crippen LogP contribution < -0.4 is 16.2 Å². The summed E-state index contributed by atoms with van der Waals surface area (Å²) >= 11 is 0. The van der Waals surface area contributed by atoms with Crippen molar-refractivity contribution >= 4 is 11.6 Å². The van der Waals surface area contributed by atoms with Crippen LogP contribution in [0.5, 0.6) is 0 Å². The fraction of sp³-hybridized carbons (Fsp3) is 0.733. The lowest BCUT2D eigenvalue weighted by Crippen LogP contribution is -2.32. The largest absolute Gasteiger partial charge is 0.396 e. The van der Waals surface area contributed by atoms with Crippen LogP contribution in [0.3, 0.4) is 0 Å². The van der Waals surface area contributed by atoms with Crippen LogP contribution in [0.4, 0.5) is 11.6 Å². The highest BCUT2D eigenvalue weighted by Crippen LogP contribution is 2.32. The Balaban J connectivity index is 2.34. The van der Waals surface area contributed by atoms with Crippen LogP contribution in [0.1, 0.15) is 56.8 Å². The lowest BCUT2D eigenvalue weighted by molar-refractivity contribution is 0.279. The minimum atomic E-state index is 0.250. The van der Waals surface area contributed by atoms with Gasteiger partial charge in [-0.1, -0.05) is 13.8 Å². The van der Waals surface area contributed by atoms with Gasteiger partial charge in [-0.15, -0.1) is 0 Å². The van der Waals surface area contributed by atoms with Crippen LogP contribution in [0.25, 0.3) is 0 Å². The zero-order valence-electron chi connectivity index (χ0n) is 13.3. The maximum absolute atomic E-state index is 9.07. The average Bonchev–Trinajstić information content (AvgIpc) is 2.93. The summed E-state index contributed by atoms with van der Waals surface area (Å²) in [7, 11) is 0. The number of anilines is 2. The van der Waals surface area contributed by atoms with Gasteiger partial charge in [0.25, 0.3) is 0 Å². The molecule has 0 bridgehead atoms. The molecule has 2 heterocycles. The first-order chi connectivity index (χ1) is 10.1. The van der Waals surface area contributed by atoms with E-state index < -0.39 is 0 Å². The third-order valence-electron chi connectivity index (χ3n) is 4.14. The molecule has 1 aliphatic rings. The van der Waals surface area contributed by atoms with Crippen LogP contribution in [0, 0.1) is 6.92 Å². The van der Waals surface area contributed by atoms with E-state index in [4.69, 9.17) is 15.9 Å². The maximum atomic E-state index is 9.07. The Morgan fingerprint density at radius 1 is 1.43 bits per heavy atom. The summed E-state index contributed by atoms with van der Waals surface area (Å²) in [5.74, 6) is 8.38. The van der Waals surface area contributed by atoms with Gasteiger partial charge in [0.2, 0.25) is 0 Å². The normalized spacial score (nSPS) is 18.6. The number of nitrogen functional groups attached to an aromatic ring is 1. The molecule has 21 heavy (non-hydrogen) atoms. The second-order valence-electron chi connectivity index (χ2n) is 6.03. The van der Waals surface area contributed by atoms with Crippen molar-refractivity contribution in [3.63, 3.8) is 0 Å². The molecule has 1 aromatic heterocycles. The van der Waals surface area contributed by atoms with E-state index in [1.807, 2.05) is 6.92 Å². The molecule has 0 radical (unpaired) electrons. The molecule has 1 unspecified atom stereocenters. The predicted molar refractivity (Wildman–Crippen MR) is 85.4 cm³/mol. The molecule has 6 heteroatoms. The minimum absolute atomic E-state index is 0.250. The van der Waals surface area contributed by atoms with Gasteiger partial charge in [0.1, 0.15) is 17.5 Å². The molecule has 1 fully saturated rings. The third kappa shape index (κ3) is 3.44. The Bertz CT molecular complexity index is 477. The first kappa shape index (κ1) is 16.0. The number of hydrogen-bond donors (Lipinski definition) is 3. The predicted octanol–water partition coefficient (Wildman–Crippen LogP) is 1.94. The van der Waals surface area contributed by atoms with E-state index in [-0.39, 0.29) is 12.5 Å². The summed E-state index contributed by atoms with van der Waals surface area (Å²) in [6, 6.07) is 0.455. The highest BCUT2D eigenvalue weighted by Gasteiger charge is 2.28. The Labute approximate surface area is 126 Å². The van der Waals surface area contributed by atoms with Gasteiger partial charge in [0.05, 0.1) is 0 Å². The second kappa shape index (κ2) is 7.04. The lowest BCUT2D eigenvalue weighted by Gasteiger charge is -2.28. The van der Waals surface area contributed by atoms with E-state index in [1.165, 1.54) is 6.42 Å². The van der Waals surface area contributed by atoms with E-state index in [9.17, 15) is 0 Å². The maximum Gasteiger partial charge on any atom is 0.148 e. The van der Waals surface area contributed by atoms with E-state index in [1.54, 1.807) is 0 Å². The number of nitrogens with zero attached hydrogens (tertiary/aromatic N) is 3. The molecule has 0 aliphatic carbocycles. The molecule has 4 N–H and O–H groups in total. The molecule has 2 rings (SSSR count). The van der Waals surface area contributed by atoms with Crippen molar-refractivity contribution < 1.29 is 5.11 Å². The molecular weight excluding hydrogens is 266 g/mol. The van der Waals surface area contributed by atoms with Gasteiger partial charge >= 0.3 is 0 Å². The fourth-order valence-corrected chi connectivity index (χ4v) is 2.94. The average molecular weight is 293 g/mol. The Kier molecular flexibility index (Phi) is 5.36. The van der Waals surface area contributed by atoms with Crippen molar-refractivity contribution in [3.8, 4) is 0 Å². The summed E-state index contributed by atoms with van der Waals surface area (Å²) in [6.07, 6.45) is 4.17. The van der Waals surface area contributed by atoms with E-state index in [2.05, 4.69) is 29.2 Å². The molecule has 0 saturated carbocycles. The second-order valence-corrected chi connectivity index (χ2v) is 6.03. The van der Waals surface area contributed by atoms with Crippen LogP contribution in [0.2, 0.25) is 0 Å². The summed E-state index contributed by atoms with van der Waals surface area (Å²) in [5.41, 5.74) is 3.69. The Morgan fingerprint density at radius 2 is 2.19 bits per heavy atom. The third-order valence-corrected chi connectivity index (χ3v) is 4.14. The standard InChI is InChI=1S/C15H27N5O/c1-10(2)13-17-14(19-16)11(3)15(18-13)20-8-4-6-12(20)7-5-9-21/h10,12,21H,4-9,16H2,1-3H3,(H,17,18,19). The summed E-state index contributed by atoms with van der Waals surface area (Å²) in [6.45, 7) is 7.44. The van der Waals surface area contributed by atoms with Gasteiger partial charge in [0.15, 0.2) is 0 Å². The number of aliphatic hydroxyl groups excluding tert-OH is 1. The Hall–Kier alpha value is -1.40. The van der Waals surface area contributed by atoms with Crippen molar-refractivity contribution in [3.05, 3.63) is 11.4 Å². The number of nitrogens with two attached hydrogens (primary N) is 1. The Morgan fingerprint density at radius 3 is 2.81 bits per heavy atom. The van der Waals surface area contributed by atoms with E-state index >= 15 is 0 Å². The van der Waals surface area contributed by atoms with Crippen LogP contribution in [-0.2, 0) is 0 Å². The SMILES string of the molecule is Cc1c(NN)nc(C(C)C)nc1N1CCCC1CCCO. The zero-order chi connectivity index (χ0) is 15.4. The first-order valence-electron chi connectivity index (χ1n) is 7.81. The van der Waals surface area contributed by atoms with Crippen LogP contribution in [-0.4, -0.2) is 34.3 Å². The molecule has 1 aliphatic heterocycles. The summed E-state index contributed by atoms with van der Waals surface area (Å²) < 4.78 is 0. The summed E-state index contributed by atoms with van der Waals surface area (Å²) in [4.78, 5) is 11.6. The molecule has 118 valence electrons. The minimum Gasteiger partial charge on any atom is -0.396 e. The van der Waals surface area contributed by atoms with Crippen molar-refractivity contribution in [1.29, 1.82) is 0 Å². The van der Waals surface area contributed by atoms with Gasteiger partial charge in [-0.25, -0.2) is 15.8 Å². The van der Waals surface area contributed by atoms with Gasteiger partial charge in [-0.3, -0.25) is 0 Å². The van der Waals surface area contributed by atoms with Crippen molar-refractivity contribution in [1.82, 2.24) is 9.97 Å². The number of rotatable bonds is 6. The molecule has 1 saturated heterocycles. The molecule has 0 aromatic carbocycles.